The molecule has 0 saturated carbocycles. The third-order valence-corrected chi connectivity index (χ3v) is 3.26. The van der Waals surface area contributed by atoms with Gasteiger partial charge >= 0.3 is 0 Å². The van der Waals surface area contributed by atoms with Gasteiger partial charge in [0.05, 0.1) is 13.7 Å². The molecule has 94 valence electrons. The predicted octanol–water partition coefficient (Wildman–Crippen LogP) is 1.64. The molecule has 4 nitrogen and oxygen atoms in total. The molecule has 1 saturated heterocycles. The number of likely N-dealkylation sites (tertiary alicyclic amines) is 1. The van der Waals surface area contributed by atoms with Crippen LogP contribution in [0.3, 0.4) is 0 Å². The number of aliphatic hydroxyl groups is 1. The van der Waals surface area contributed by atoms with Gasteiger partial charge in [0, 0.05) is 23.1 Å². The van der Waals surface area contributed by atoms with Crippen molar-refractivity contribution in [3.05, 3.63) is 22.2 Å². The summed E-state index contributed by atoms with van der Waals surface area (Å²) in [6.07, 6.45) is 0.181. The molecule has 0 aliphatic carbocycles. The smallest absolute Gasteiger partial charge is 0.167 e. The number of hydrogen-bond acceptors (Lipinski definition) is 4. The average Bonchev–Trinajstić information content (AvgIpc) is 2.28. The van der Waals surface area contributed by atoms with Crippen molar-refractivity contribution in [1.29, 1.82) is 0 Å². The fourth-order valence-electron chi connectivity index (χ4n) is 1.91. The molecule has 1 aliphatic heterocycles. The zero-order valence-electron chi connectivity index (χ0n) is 9.94. The molecule has 0 spiro atoms. The van der Waals surface area contributed by atoms with Crippen molar-refractivity contribution >= 4 is 15.9 Å². The summed E-state index contributed by atoms with van der Waals surface area (Å²) in [7, 11) is 3.65. The van der Waals surface area contributed by atoms with Gasteiger partial charge in [0.1, 0.15) is 6.10 Å². The van der Waals surface area contributed by atoms with E-state index in [2.05, 4.69) is 20.8 Å². The molecule has 1 aliphatic rings. The Morgan fingerprint density at radius 2 is 2.18 bits per heavy atom. The zero-order valence-corrected chi connectivity index (χ0v) is 11.5. The summed E-state index contributed by atoms with van der Waals surface area (Å²) in [4.78, 5) is 2.18. The lowest BCUT2D eigenvalue weighted by Gasteiger charge is -2.36. The topological polar surface area (TPSA) is 41.9 Å². The highest BCUT2D eigenvalue weighted by Gasteiger charge is 2.27. The second-order valence-corrected chi connectivity index (χ2v) is 5.13. The summed E-state index contributed by atoms with van der Waals surface area (Å²) in [6.45, 7) is 1.75. The van der Waals surface area contributed by atoms with Crippen LogP contribution in [0.5, 0.6) is 11.5 Å². The molecule has 1 aromatic rings. The average molecular weight is 302 g/mol. The first-order valence-electron chi connectivity index (χ1n) is 5.46. The van der Waals surface area contributed by atoms with Crippen molar-refractivity contribution in [1.82, 2.24) is 4.90 Å². The maximum atomic E-state index is 9.35. The molecule has 17 heavy (non-hydrogen) atoms. The van der Waals surface area contributed by atoms with E-state index < -0.39 is 0 Å². The number of hydrogen-bond donors (Lipinski definition) is 1. The number of halogens is 1. The third kappa shape index (κ3) is 2.73. The lowest BCUT2D eigenvalue weighted by molar-refractivity contribution is 0.0353. The minimum absolute atomic E-state index is 0.0618. The van der Waals surface area contributed by atoms with Crippen LogP contribution < -0.4 is 9.47 Å². The highest BCUT2D eigenvalue weighted by atomic mass is 79.9. The Bertz CT molecular complexity index is 380. The Balaban J connectivity index is 2.23. The number of nitrogens with zero attached hydrogens (tertiary/aromatic N) is 1. The van der Waals surface area contributed by atoms with Crippen molar-refractivity contribution < 1.29 is 14.6 Å². The molecule has 5 heteroatoms. The molecule has 0 unspecified atom stereocenters. The summed E-state index contributed by atoms with van der Waals surface area (Å²) in [6, 6.07) is 3.69. The van der Waals surface area contributed by atoms with Gasteiger partial charge in [0.2, 0.25) is 0 Å². The van der Waals surface area contributed by atoms with Crippen LogP contribution in [0, 0.1) is 0 Å². The van der Waals surface area contributed by atoms with Crippen LogP contribution in [0.1, 0.15) is 5.56 Å². The van der Waals surface area contributed by atoms with Crippen LogP contribution in [0.4, 0.5) is 0 Å². The van der Waals surface area contributed by atoms with Crippen LogP contribution in [-0.4, -0.2) is 43.4 Å². The highest BCUT2D eigenvalue weighted by Crippen LogP contribution is 2.36. The summed E-state index contributed by atoms with van der Waals surface area (Å²) >= 11 is 3.38. The second-order valence-electron chi connectivity index (χ2n) is 4.22. The molecule has 1 aromatic carbocycles. The van der Waals surface area contributed by atoms with E-state index in [0.29, 0.717) is 11.5 Å². The van der Waals surface area contributed by atoms with Crippen molar-refractivity contribution in [2.75, 3.05) is 27.2 Å². The summed E-state index contributed by atoms with van der Waals surface area (Å²) in [5, 5.41) is 9.35. The van der Waals surface area contributed by atoms with E-state index in [9.17, 15) is 5.11 Å². The van der Waals surface area contributed by atoms with E-state index in [1.165, 1.54) is 0 Å². The summed E-state index contributed by atoms with van der Waals surface area (Å²) < 4.78 is 12.0. The van der Waals surface area contributed by atoms with Gasteiger partial charge in [-0.15, -0.1) is 0 Å². The van der Waals surface area contributed by atoms with E-state index in [1.807, 2.05) is 19.2 Å². The lowest BCUT2D eigenvalue weighted by atomic mass is 10.1. The van der Waals surface area contributed by atoms with Crippen LogP contribution in [0.2, 0.25) is 0 Å². The first-order chi connectivity index (χ1) is 8.13. The quantitative estimate of drug-likeness (QED) is 0.918. The van der Waals surface area contributed by atoms with Gasteiger partial charge in [0.15, 0.2) is 11.5 Å². The molecule has 0 amide bonds. The normalized spacial score (nSPS) is 16.7. The van der Waals surface area contributed by atoms with Gasteiger partial charge in [-0.05, 0) is 19.2 Å². The van der Waals surface area contributed by atoms with Gasteiger partial charge < -0.3 is 14.6 Å². The molecular formula is C12H16BrNO3. The van der Waals surface area contributed by atoms with E-state index in [1.54, 1.807) is 7.11 Å². The summed E-state index contributed by atoms with van der Waals surface area (Å²) in [5.74, 6) is 1.30. The zero-order chi connectivity index (χ0) is 12.4. The number of aliphatic hydroxyl groups excluding tert-OH is 1. The van der Waals surface area contributed by atoms with Gasteiger partial charge in [-0.2, -0.15) is 0 Å². The number of likely N-dealkylation sites (N-methyl/N-ethyl adjacent to an activating group) is 1. The molecule has 1 N–H and O–H groups in total. The van der Waals surface area contributed by atoms with Gasteiger partial charge in [-0.25, -0.2) is 0 Å². The van der Waals surface area contributed by atoms with E-state index >= 15 is 0 Å². The maximum Gasteiger partial charge on any atom is 0.167 e. The van der Waals surface area contributed by atoms with Gasteiger partial charge in [0.25, 0.3) is 0 Å². The largest absolute Gasteiger partial charge is 0.493 e. The van der Waals surface area contributed by atoms with Gasteiger partial charge in [-0.1, -0.05) is 15.9 Å². The van der Waals surface area contributed by atoms with Crippen LogP contribution in [0.25, 0.3) is 0 Å². The summed E-state index contributed by atoms with van der Waals surface area (Å²) in [5.41, 5.74) is 0.741. The van der Waals surface area contributed by atoms with E-state index in [4.69, 9.17) is 9.47 Å². The van der Waals surface area contributed by atoms with Crippen molar-refractivity contribution in [3.63, 3.8) is 0 Å². The molecule has 0 aromatic heterocycles. The number of methoxy groups -OCH3 is 1. The first-order valence-corrected chi connectivity index (χ1v) is 6.25. The molecule has 0 atom stereocenters. The monoisotopic (exact) mass is 301 g/mol. The Morgan fingerprint density at radius 3 is 2.71 bits per heavy atom. The molecule has 0 bridgehead atoms. The van der Waals surface area contributed by atoms with E-state index in [0.717, 1.165) is 23.1 Å². The minimum Gasteiger partial charge on any atom is -0.493 e. The van der Waals surface area contributed by atoms with Crippen molar-refractivity contribution in [2.24, 2.45) is 0 Å². The number of benzene rings is 1. The highest BCUT2D eigenvalue weighted by molar-refractivity contribution is 9.10. The molecule has 1 heterocycles. The Morgan fingerprint density at radius 1 is 1.47 bits per heavy atom. The number of ether oxygens (including phenoxy) is 2. The fraction of sp³-hybridized carbons (Fsp3) is 0.500. The van der Waals surface area contributed by atoms with E-state index in [-0.39, 0.29) is 12.7 Å². The Kier molecular flexibility index (Phi) is 3.91. The first kappa shape index (κ1) is 12.7. The Hall–Kier alpha value is -0.780. The Labute approximate surface area is 109 Å². The van der Waals surface area contributed by atoms with Crippen molar-refractivity contribution in [2.45, 2.75) is 12.7 Å². The van der Waals surface area contributed by atoms with Crippen molar-refractivity contribution in [3.8, 4) is 11.5 Å². The molecule has 1 fully saturated rings. The number of rotatable bonds is 4. The van der Waals surface area contributed by atoms with Crippen LogP contribution in [0.15, 0.2) is 16.6 Å². The molecule has 2 rings (SSSR count). The standard InChI is InChI=1S/C12H16BrNO3/c1-14-5-10(6-14)17-12-8(7-15)3-9(13)4-11(12)16-2/h3-4,10,15H,5-7H2,1-2H3. The van der Waals surface area contributed by atoms with Gasteiger partial charge in [-0.3, -0.25) is 4.90 Å². The maximum absolute atomic E-state index is 9.35. The lowest BCUT2D eigenvalue weighted by Crippen LogP contribution is -2.51. The van der Waals surface area contributed by atoms with Crippen LogP contribution in [-0.2, 0) is 6.61 Å². The minimum atomic E-state index is -0.0618. The molecular weight excluding hydrogens is 286 g/mol. The predicted molar refractivity (Wildman–Crippen MR) is 68.5 cm³/mol. The SMILES string of the molecule is COc1cc(Br)cc(CO)c1OC1CN(C)C1. The van der Waals surface area contributed by atoms with Crippen LogP contribution >= 0.6 is 15.9 Å². The molecule has 0 radical (unpaired) electrons. The third-order valence-electron chi connectivity index (χ3n) is 2.80. The second kappa shape index (κ2) is 5.25. The fourth-order valence-corrected chi connectivity index (χ4v) is 2.39.